The van der Waals surface area contributed by atoms with E-state index >= 15 is 0 Å². The van der Waals surface area contributed by atoms with Gasteiger partial charge in [-0.3, -0.25) is 0 Å². The number of nitrogen functional groups attached to an aromatic ring is 1. The first kappa shape index (κ1) is 14.3. The Morgan fingerprint density at radius 1 is 1.15 bits per heavy atom. The SMILES string of the molecule is COC(=O)c1cc(Sc2ccccc2F)c(F)cc1N. The molecule has 0 atom stereocenters. The van der Waals surface area contributed by atoms with Crippen LogP contribution in [0.25, 0.3) is 0 Å². The summed E-state index contributed by atoms with van der Waals surface area (Å²) in [7, 11) is 1.20. The molecule has 104 valence electrons. The molecule has 0 aliphatic rings. The van der Waals surface area contributed by atoms with Crippen molar-refractivity contribution >= 4 is 23.4 Å². The number of esters is 1. The summed E-state index contributed by atoms with van der Waals surface area (Å²) in [6.07, 6.45) is 0. The normalized spacial score (nSPS) is 10.3. The fourth-order valence-corrected chi connectivity index (χ4v) is 2.46. The summed E-state index contributed by atoms with van der Waals surface area (Å²) >= 11 is 0.878. The molecular formula is C14H11F2NO2S. The zero-order valence-corrected chi connectivity index (χ0v) is 11.3. The van der Waals surface area contributed by atoms with Gasteiger partial charge in [0.15, 0.2) is 0 Å². The van der Waals surface area contributed by atoms with Crippen LogP contribution in [0.1, 0.15) is 10.4 Å². The number of carbonyl (C=O) groups excluding carboxylic acids is 1. The first-order valence-corrected chi connectivity index (χ1v) is 6.44. The van der Waals surface area contributed by atoms with Crippen LogP contribution in [0.4, 0.5) is 14.5 Å². The van der Waals surface area contributed by atoms with Gasteiger partial charge in [-0.15, -0.1) is 0 Å². The van der Waals surface area contributed by atoms with E-state index in [9.17, 15) is 13.6 Å². The Kier molecular flexibility index (Phi) is 4.24. The van der Waals surface area contributed by atoms with Gasteiger partial charge in [-0.05, 0) is 24.3 Å². The number of ether oxygens (including phenoxy) is 1. The molecule has 0 amide bonds. The molecule has 3 nitrogen and oxygen atoms in total. The van der Waals surface area contributed by atoms with E-state index in [1.54, 1.807) is 12.1 Å². The Morgan fingerprint density at radius 3 is 2.50 bits per heavy atom. The van der Waals surface area contributed by atoms with Crippen molar-refractivity contribution in [2.24, 2.45) is 0 Å². The van der Waals surface area contributed by atoms with Gasteiger partial charge >= 0.3 is 5.97 Å². The van der Waals surface area contributed by atoms with Gasteiger partial charge in [0.1, 0.15) is 11.6 Å². The van der Waals surface area contributed by atoms with Crippen LogP contribution in [-0.2, 0) is 4.74 Å². The first-order valence-electron chi connectivity index (χ1n) is 5.62. The first-order chi connectivity index (χ1) is 9.52. The van der Waals surface area contributed by atoms with Crippen molar-refractivity contribution in [1.82, 2.24) is 0 Å². The number of nitrogens with two attached hydrogens (primary N) is 1. The van der Waals surface area contributed by atoms with Gasteiger partial charge in [0.2, 0.25) is 0 Å². The van der Waals surface area contributed by atoms with E-state index in [0.717, 1.165) is 17.8 Å². The highest BCUT2D eigenvalue weighted by molar-refractivity contribution is 7.99. The Balaban J connectivity index is 2.42. The van der Waals surface area contributed by atoms with E-state index in [0.29, 0.717) is 0 Å². The molecule has 0 heterocycles. The van der Waals surface area contributed by atoms with Gasteiger partial charge in [-0.2, -0.15) is 0 Å². The molecule has 20 heavy (non-hydrogen) atoms. The van der Waals surface area contributed by atoms with Crippen molar-refractivity contribution in [3.8, 4) is 0 Å². The molecule has 0 radical (unpaired) electrons. The Labute approximate surface area is 118 Å². The summed E-state index contributed by atoms with van der Waals surface area (Å²) in [5.74, 6) is -1.75. The monoisotopic (exact) mass is 295 g/mol. The fraction of sp³-hybridized carbons (Fsp3) is 0.0714. The Bertz CT molecular complexity index is 662. The Morgan fingerprint density at radius 2 is 1.85 bits per heavy atom. The van der Waals surface area contributed by atoms with E-state index < -0.39 is 17.6 Å². The lowest BCUT2D eigenvalue weighted by atomic mass is 10.2. The Hall–Kier alpha value is -2.08. The third-order valence-electron chi connectivity index (χ3n) is 2.57. The standard InChI is InChI=1S/C14H11F2NO2S/c1-19-14(18)8-6-13(10(16)7-11(8)17)20-12-5-3-2-4-9(12)15/h2-7H,17H2,1H3. The number of hydrogen-bond acceptors (Lipinski definition) is 4. The number of halogens is 2. The van der Waals surface area contributed by atoms with E-state index in [2.05, 4.69) is 4.74 Å². The van der Waals surface area contributed by atoms with Crippen molar-refractivity contribution in [1.29, 1.82) is 0 Å². The van der Waals surface area contributed by atoms with Crippen LogP contribution in [0.2, 0.25) is 0 Å². The van der Waals surface area contributed by atoms with Crippen molar-refractivity contribution in [2.45, 2.75) is 9.79 Å². The van der Waals surface area contributed by atoms with Gasteiger partial charge in [-0.1, -0.05) is 23.9 Å². The lowest BCUT2D eigenvalue weighted by molar-refractivity contribution is 0.0601. The average molecular weight is 295 g/mol. The molecule has 6 heteroatoms. The third kappa shape index (κ3) is 2.91. The summed E-state index contributed by atoms with van der Waals surface area (Å²) in [5, 5.41) is 0. The van der Waals surface area contributed by atoms with E-state index in [-0.39, 0.29) is 21.0 Å². The van der Waals surface area contributed by atoms with Crippen LogP contribution < -0.4 is 5.73 Å². The molecule has 0 aliphatic carbocycles. The zero-order valence-electron chi connectivity index (χ0n) is 10.5. The van der Waals surface area contributed by atoms with Crippen molar-refractivity contribution in [2.75, 3.05) is 12.8 Å². The lowest BCUT2D eigenvalue weighted by Crippen LogP contribution is -2.06. The molecule has 0 spiro atoms. The maximum Gasteiger partial charge on any atom is 0.339 e. The number of carbonyl (C=O) groups is 1. The molecule has 2 rings (SSSR count). The summed E-state index contributed by atoms with van der Waals surface area (Å²) in [6, 6.07) is 8.26. The van der Waals surface area contributed by atoms with Gasteiger partial charge in [0.05, 0.1) is 12.7 Å². The van der Waals surface area contributed by atoms with Crippen LogP contribution in [0, 0.1) is 11.6 Å². The summed E-state index contributed by atoms with van der Waals surface area (Å²) < 4.78 is 32.0. The number of benzene rings is 2. The summed E-state index contributed by atoms with van der Waals surface area (Å²) in [6.45, 7) is 0. The molecule has 0 aliphatic heterocycles. The highest BCUT2D eigenvalue weighted by Crippen LogP contribution is 2.33. The smallest absolute Gasteiger partial charge is 0.339 e. The van der Waals surface area contributed by atoms with Crippen molar-refractivity contribution in [3.63, 3.8) is 0 Å². The van der Waals surface area contributed by atoms with Crippen molar-refractivity contribution in [3.05, 3.63) is 53.6 Å². The molecule has 0 bridgehead atoms. The van der Waals surface area contributed by atoms with Gasteiger partial charge in [-0.25, -0.2) is 13.6 Å². The molecule has 2 aromatic rings. The second-order valence-corrected chi connectivity index (χ2v) is 4.98. The predicted octanol–water partition coefficient (Wildman–Crippen LogP) is 3.48. The fourth-order valence-electron chi connectivity index (χ4n) is 1.58. The topological polar surface area (TPSA) is 52.3 Å². The average Bonchev–Trinajstić information content (AvgIpc) is 2.43. The van der Waals surface area contributed by atoms with E-state index in [4.69, 9.17) is 5.73 Å². The number of anilines is 1. The largest absolute Gasteiger partial charge is 0.465 e. The second-order valence-electron chi connectivity index (χ2n) is 3.89. The minimum Gasteiger partial charge on any atom is -0.465 e. The lowest BCUT2D eigenvalue weighted by Gasteiger charge is -2.09. The summed E-state index contributed by atoms with van der Waals surface area (Å²) in [4.78, 5) is 11.9. The van der Waals surface area contributed by atoms with Crippen molar-refractivity contribution < 1.29 is 18.3 Å². The van der Waals surface area contributed by atoms with Gasteiger partial charge < -0.3 is 10.5 Å². The predicted molar refractivity (Wildman–Crippen MR) is 72.7 cm³/mol. The number of rotatable bonds is 3. The van der Waals surface area contributed by atoms with E-state index in [1.807, 2.05) is 0 Å². The van der Waals surface area contributed by atoms with Gasteiger partial charge in [0, 0.05) is 15.5 Å². The molecule has 0 saturated heterocycles. The third-order valence-corrected chi connectivity index (χ3v) is 3.65. The molecule has 0 fully saturated rings. The quantitative estimate of drug-likeness (QED) is 0.695. The summed E-state index contributed by atoms with van der Waals surface area (Å²) in [5.41, 5.74) is 5.59. The highest BCUT2D eigenvalue weighted by Gasteiger charge is 2.16. The van der Waals surface area contributed by atoms with Gasteiger partial charge in [0.25, 0.3) is 0 Å². The molecule has 0 aromatic heterocycles. The zero-order chi connectivity index (χ0) is 14.7. The van der Waals surface area contributed by atoms with Crippen LogP contribution in [0.15, 0.2) is 46.2 Å². The highest BCUT2D eigenvalue weighted by atomic mass is 32.2. The number of hydrogen-bond donors (Lipinski definition) is 1. The second kappa shape index (κ2) is 5.92. The minimum absolute atomic E-state index is 0.0211. The van der Waals surface area contributed by atoms with Crippen LogP contribution >= 0.6 is 11.8 Å². The molecule has 0 saturated carbocycles. The minimum atomic E-state index is -0.669. The number of methoxy groups -OCH3 is 1. The van der Waals surface area contributed by atoms with Crippen LogP contribution in [-0.4, -0.2) is 13.1 Å². The molecule has 2 N–H and O–H groups in total. The molecule has 0 unspecified atom stereocenters. The van der Waals surface area contributed by atoms with E-state index in [1.165, 1.54) is 25.3 Å². The van der Waals surface area contributed by atoms with Crippen LogP contribution in [0.5, 0.6) is 0 Å². The molecular weight excluding hydrogens is 284 g/mol. The molecule has 2 aromatic carbocycles. The van der Waals surface area contributed by atoms with Crippen LogP contribution in [0.3, 0.4) is 0 Å². The maximum absolute atomic E-state index is 13.8. The maximum atomic E-state index is 13.8.